The van der Waals surface area contributed by atoms with Crippen molar-refractivity contribution < 1.29 is 14.5 Å². The zero-order chi connectivity index (χ0) is 15.2. The van der Waals surface area contributed by atoms with E-state index in [0.29, 0.717) is 18.0 Å². The van der Waals surface area contributed by atoms with Crippen molar-refractivity contribution in [2.45, 2.75) is 12.8 Å². The predicted octanol–water partition coefficient (Wildman–Crippen LogP) is 1.33. The van der Waals surface area contributed by atoms with Crippen LogP contribution in [-0.2, 0) is 0 Å². The summed E-state index contributed by atoms with van der Waals surface area (Å²) in [5.41, 5.74) is 0.215. The molecule has 1 unspecified atom stereocenters. The molecule has 1 fully saturated rings. The Morgan fingerprint density at radius 2 is 2.38 bits per heavy atom. The van der Waals surface area contributed by atoms with E-state index in [4.69, 9.17) is 4.74 Å². The Morgan fingerprint density at radius 1 is 1.57 bits per heavy atom. The Kier molecular flexibility index (Phi) is 5.10. The first kappa shape index (κ1) is 15.2. The minimum atomic E-state index is -0.516. The van der Waals surface area contributed by atoms with Gasteiger partial charge in [-0.25, -0.2) is 0 Å². The van der Waals surface area contributed by atoms with Crippen molar-refractivity contribution in [3.63, 3.8) is 0 Å². The zero-order valence-electron chi connectivity index (χ0n) is 11.9. The SMILES string of the molecule is COc1cc([N+](=O)[O-])ccc1C(=O)NCC1CCCNC1. The van der Waals surface area contributed by atoms with Crippen molar-refractivity contribution in [2.75, 3.05) is 26.7 Å². The minimum absolute atomic E-state index is 0.0973. The molecule has 1 aliphatic heterocycles. The highest BCUT2D eigenvalue weighted by molar-refractivity contribution is 5.97. The monoisotopic (exact) mass is 293 g/mol. The lowest BCUT2D eigenvalue weighted by atomic mass is 9.99. The van der Waals surface area contributed by atoms with Gasteiger partial charge in [-0.1, -0.05) is 0 Å². The number of nitro benzene ring substituents is 1. The molecule has 0 bridgehead atoms. The molecule has 21 heavy (non-hydrogen) atoms. The molecule has 7 nitrogen and oxygen atoms in total. The van der Waals surface area contributed by atoms with E-state index in [1.807, 2.05) is 0 Å². The summed E-state index contributed by atoms with van der Waals surface area (Å²) in [5, 5.41) is 16.9. The molecule has 1 aliphatic rings. The van der Waals surface area contributed by atoms with Crippen LogP contribution >= 0.6 is 0 Å². The van der Waals surface area contributed by atoms with Crippen molar-refractivity contribution in [1.29, 1.82) is 0 Å². The average Bonchev–Trinajstić information content (AvgIpc) is 2.52. The van der Waals surface area contributed by atoms with E-state index in [0.717, 1.165) is 25.9 Å². The van der Waals surface area contributed by atoms with Crippen LogP contribution in [0.15, 0.2) is 18.2 Å². The number of piperidine rings is 1. The van der Waals surface area contributed by atoms with Crippen LogP contribution in [0.4, 0.5) is 5.69 Å². The lowest BCUT2D eigenvalue weighted by Gasteiger charge is -2.23. The molecule has 1 saturated heterocycles. The average molecular weight is 293 g/mol. The Balaban J connectivity index is 2.02. The van der Waals surface area contributed by atoms with Crippen molar-refractivity contribution in [2.24, 2.45) is 5.92 Å². The van der Waals surface area contributed by atoms with Crippen LogP contribution in [0.3, 0.4) is 0 Å². The van der Waals surface area contributed by atoms with Gasteiger partial charge in [-0.05, 0) is 37.9 Å². The summed E-state index contributed by atoms with van der Waals surface area (Å²) in [5.74, 6) is 0.363. The molecule has 0 saturated carbocycles. The van der Waals surface area contributed by atoms with Gasteiger partial charge in [-0.2, -0.15) is 0 Å². The largest absolute Gasteiger partial charge is 0.496 e. The maximum absolute atomic E-state index is 12.2. The first-order valence-electron chi connectivity index (χ1n) is 6.93. The number of amides is 1. The van der Waals surface area contributed by atoms with Crippen LogP contribution in [-0.4, -0.2) is 37.6 Å². The van der Waals surface area contributed by atoms with Crippen LogP contribution < -0.4 is 15.4 Å². The Morgan fingerprint density at radius 3 is 3.00 bits per heavy atom. The predicted molar refractivity (Wildman–Crippen MR) is 77.6 cm³/mol. The molecular weight excluding hydrogens is 274 g/mol. The van der Waals surface area contributed by atoms with E-state index >= 15 is 0 Å². The molecule has 114 valence electrons. The number of hydrogen-bond donors (Lipinski definition) is 2. The molecule has 2 rings (SSSR count). The number of nitrogens with zero attached hydrogens (tertiary/aromatic N) is 1. The van der Waals surface area contributed by atoms with Crippen molar-refractivity contribution in [1.82, 2.24) is 10.6 Å². The molecule has 0 aliphatic carbocycles. The lowest BCUT2D eigenvalue weighted by Crippen LogP contribution is -2.38. The summed E-state index contributed by atoms with van der Waals surface area (Å²) < 4.78 is 5.07. The molecule has 1 atom stereocenters. The minimum Gasteiger partial charge on any atom is -0.496 e. The third-order valence-corrected chi connectivity index (χ3v) is 3.59. The van der Waals surface area contributed by atoms with Gasteiger partial charge in [0.2, 0.25) is 0 Å². The second-order valence-corrected chi connectivity index (χ2v) is 5.06. The molecule has 0 spiro atoms. The number of methoxy groups -OCH3 is 1. The van der Waals surface area contributed by atoms with Gasteiger partial charge < -0.3 is 15.4 Å². The summed E-state index contributed by atoms with van der Waals surface area (Å²) in [6.07, 6.45) is 2.20. The molecule has 1 aromatic rings. The Labute approximate surface area is 122 Å². The van der Waals surface area contributed by atoms with E-state index in [-0.39, 0.29) is 17.3 Å². The summed E-state index contributed by atoms with van der Waals surface area (Å²) in [4.78, 5) is 22.4. The van der Waals surface area contributed by atoms with Gasteiger partial charge in [-0.3, -0.25) is 14.9 Å². The molecular formula is C14H19N3O4. The van der Waals surface area contributed by atoms with Crippen molar-refractivity contribution >= 4 is 11.6 Å². The number of ether oxygens (including phenoxy) is 1. The first-order valence-corrected chi connectivity index (χ1v) is 6.93. The van der Waals surface area contributed by atoms with Crippen molar-refractivity contribution in [3.05, 3.63) is 33.9 Å². The maximum Gasteiger partial charge on any atom is 0.273 e. The summed E-state index contributed by atoms with van der Waals surface area (Å²) in [7, 11) is 1.39. The highest BCUT2D eigenvalue weighted by atomic mass is 16.6. The van der Waals surface area contributed by atoms with E-state index in [1.54, 1.807) is 0 Å². The smallest absolute Gasteiger partial charge is 0.273 e. The number of carbonyl (C=O) groups excluding carboxylic acids is 1. The number of nitro groups is 1. The Hall–Kier alpha value is -2.15. The number of hydrogen-bond acceptors (Lipinski definition) is 5. The second kappa shape index (κ2) is 7.03. The van der Waals surface area contributed by atoms with Crippen molar-refractivity contribution in [3.8, 4) is 5.75 Å². The lowest BCUT2D eigenvalue weighted by molar-refractivity contribution is -0.384. The third-order valence-electron chi connectivity index (χ3n) is 3.59. The topological polar surface area (TPSA) is 93.5 Å². The maximum atomic E-state index is 12.2. The number of nitrogens with one attached hydrogen (secondary N) is 2. The molecule has 1 amide bonds. The summed E-state index contributed by atoms with van der Waals surface area (Å²) in [6, 6.07) is 3.99. The Bertz CT molecular complexity index is 527. The van der Waals surface area contributed by atoms with Gasteiger partial charge in [0.15, 0.2) is 0 Å². The van der Waals surface area contributed by atoms with Crippen LogP contribution in [0.25, 0.3) is 0 Å². The standard InChI is InChI=1S/C14H19N3O4/c1-21-13-7-11(17(19)20)4-5-12(13)14(18)16-9-10-3-2-6-15-8-10/h4-5,7,10,15H,2-3,6,8-9H2,1H3,(H,16,18). The van der Waals surface area contributed by atoms with Gasteiger partial charge in [0, 0.05) is 12.6 Å². The fourth-order valence-corrected chi connectivity index (χ4v) is 2.41. The summed E-state index contributed by atoms with van der Waals surface area (Å²) in [6.45, 7) is 2.52. The normalized spacial score (nSPS) is 18.0. The number of benzene rings is 1. The second-order valence-electron chi connectivity index (χ2n) is 5.06. The van der Waals surface area contributed by atoms with Crippen LogP contribution in [0.1, 0.15) is 23.2 Å². The number of non-ortho nitro benzene ring substituents is 1. The van der Waals surface area contributed by atoms with Gasteiger partial charge in [0.1, 0.15) is 5.75 Å². The van der Waals surface area contributed by atoms with E-state index in [2.05, 4.69) is 10.6 Å². The van der Waals surface area contributed by atoms with Gasteiger partial charge in [-0.15, -0.1) is 0 Å². The van der Waals surface area contributed by atoms with E-state index in [9.17, 15) is 14.9 Å². The third kappa shape index (κ3) is 3.91. The highest BCUT2D eigenvalue weighted by Gasteiger charge is 2.18. The number of carbonyl (C=O) groups is 1. The summed E-state index contributed by atoms with van der Waals surface area (Å²) >= 11 is 0. The van der Waals surface area contributed by atoms with Gasteiger partial charge >= 0.3 is 0 Å². The quantitative estimate of drug-likeness (QED) is 0.631. The molecule has 1 aromatic carbocycles. The van der Waals surface area contributed by atoms with E-state index in [1.165, 1.54) is 25.3 Å². The fourth-order valence-electron chi connectivity index (χ4n) is 2.41. The zero-order valence-corrected chi connectivity index (χ0v) is 11.9. The van der Waals surface area contributed by atoms with Crippen LogP contribution in [0.2, 0.25) is 0 Å². The van der Waals surface area contributed by atoms with Gasteiger partial charge in [0.05, 0.1) is 23.7 Å². The molecule has 7 heteroatoms. The van der Waals surface area contributed by atoms with Crippen LogP contribution in [0.5, 0.6) is 5.75 Å². The van der Waals surface area contributed by atoms with Gasteiger partial charge in [0.25, 0.3) is 11.6 Å². The first-order chi connectivity index (χ1) is 10.1. The molecule has 0 aromatic heterocycles. The number of rotatable bonds is 5. The van der Waals surface area contributed by atoms with E-state index < -0.39 is 4.92 Å². The van der Waals surface area contributed by atoms with Crippen LogP contribution in [0, 0.1) is 16.0 Å². The molecule has 2 N–H and O–H groups in total. The highest BCUT2D eigenvalue weighted by Crippen LogP contribution is 2.24. The molecule has 0 radical (unpaired) electrons. The molecule has 1 heterocycles. The fraction of sp³-hybridized carbons (Fsp3) is 0.500.